The quantitative estimate of drug-likeness (QED) is 0.745. The van der Waals surface area contributed by atoms with Gasteiger partial charge in [-0.3, -0.25) is 9.59 Å². The normalized spacial score (nSPS) is 16.7. The summed E-state index contributed by atoms with van der Waals surface area (Å²) in [5.74, 6) is -1.01. The van der Waals surface area contributed by atoms with E-state index in [2.05, 4.69) is 5.32 Å². The molecule has 0 radical (unpaired) electrons. The number of amides is 1. The van der Waals surface area contributed by atoms with Gasteiger partial charge in [-0.25, -0.2) is 4.39 Å². The summed E-state index contributed by atoms with van der Waals surface area (Å²) in [4.78, 5) is 23.7. The highest BCUT2D eigenvalue weighted by Gasteiger charge is 2.36. The summed E-state index contributed by atoms with van der Waals surface area (Å²) < 4.78 is 18.7. The predicted octanol–water partition coefficient (Wildman–Crippen LogP) is 2.45. The standard InChI is InChI=1S/C16H20FNO4S/c17-12-3-1-2-4-13(12)23-10-5-14(19)18-16(11-15(20)21)6-8-22-9-7-16/h1-4H,5-11H2,(H,18,19)(H,20,21). The van der Waals surface area contributed by atoms with Gasteiger partial charge in [-0.05, 0) is 25.0 Å². The smallest absolute Gasteiger partial charge is 0.305 e. The summed E-state index contributed by atoms with van der Waals surface area (Å²) in [6.07, 6.45) is 1.08. The Balaban J connectivity index is 1.84. The van der Waals surface area contributed by atoms with Crippen molar-refractivity contribution in [1.29, 1.82) is 0 Å². The maximum Gasteiger partial charge on any atom is 0.305 e. The lowest BCUT2D eigenvalue weighted by Crippen LogP contribution is -2.53. The van der Waals surface area contributed by atoms with E-state index in [9.17, 15) is 14.0 Å². The molecule has 0 spiro atoms. The van der Waals surface area contributed by atoms with Crippen molar-refractivity contribution in [1.82, 2.24) is 5.32 Å². The second-order valence-corrected chi connectivity index (χ2v) is 6.68. The number of hydrogen-bond donors (Lipinski definition) is 2. The number of benzene rings is 1. The van der Waals surface area contributed by atoms with Crippen LogP contribution in [0, 0.1) is 5.82 Å². The van der Waals surface area contributed by atoms with Crippen LogP contribution in [0.25, 0.3) is 0 Å². The summed E-state index contributed by atoms with van der Waals surface area (Å²) >= 11 is 1.27. The number of nitrogens with one attached hydrogen (secondary N) is 1. The van der Waals surface area contributed by atoms with E-state index in [1.807, 2.05) is 0 Å². The van der Waals surface area contributed by atoms with Crippen molar-refractivity contribution in [2.75, 3.05) is 19.0 Å². The molecule has 2 rings (SSSR count). The van der Waals surface area contributed by atoms with Crippen molar-refractivity contribution >= 4 is 23.6 Å². The average Bonchev–Trinajstić information content (AvgIpc) is 2.49. The zero-order valence-electron chi connectivity index (χ0n) is 12.7. The third-order valence-electron chi connectivity index (χ3n) is 3.77. The first kappa shape index (κ1) is 17.7. The Morgan fingerprint density at radius 1 is 1.30 bits per heavy atom. The molecule has 5 nitrogen and oxygen atoms in total. The summed E-state index contributed by atoms with van der Waals surface area (Å²) in [6, 6.07) is 6.41. The molecule has 1 aromatic rings. The molecule has 0 bridgehead atoms. The minimum Gasteiger partial charge on any atom is -0.481 e. The van der Waals surface area contributed by atoms with Crippen molar-refractivity contribution in [3.05, 3.63) is 30.1 Å². The third kappa shape index (κ3) is 5.51. The molecular formula is C16H20FNO4S. The number of thioether (sulfide) groups is 1. The Hall–Kier alpha value is -1.60. The number of carboxylic acids is 1. The monoisotopic (exact) mass is 341 g/mol. The molecule has 1 saturated heterocycles. The van der Waals surface area contributed by atoms with Crippen LogP contribution in [-0.4, -0.2) is 41.5 Å². The van der Waals surface area contributed by atoms with Crippen molar-refractivity contribution in [2.24, 2.45) is 0 Å². The minimum absolute atomic E-state index is 0.109. The molecule has 1 aliphatic rings. The van der Waals surface area contributed by atoms with E-state index in [1.165, 1.54) is 17.8 Å². The van der Waals surface area contributed by atoms with Crippen LogP contribution in [0.15, 0.2) is 29.2 Å². The number of carbonyl (C=O) groups is 2. The number of aliphatic carboxylic acids is 1. The maximum absolute atomic E-state index is 13.5. The lowest BCUT2D eigenvalue weighted by Gasteiger charge is -2.36. The number of halogens is 1. The number of carbonyl (C=O) groups excluding carboxylic acids is 1. The molecule has 0 atom stereocenters. The number of rotatable bonds is 7. The second-order valence-electron chi connectivity index (χ2n) is 5.54. The fourth-order valence-electron chi connectivity index (χ4n) is 2.57. The Kier molecular flexibility index (Phi) is 6.41. The first-order valence-electron chi connectivity index (χ1n) is 7.49. The fourth-order valence-corrected chi connectivity index (χ4v) is 3.46. The van der Waals surface area contributed by atoms with Gasteiger partial charge in [0.25, 0.3) is 0 Å². The summed E-state index contributed by atoms with van der Waals surface area (Å²) in [6.45, 7) is 0.884. The molecule has 1 aliphatic heterocycles. The van der Waals surface area contributed by atoms with Gasteiger partial charge in [0, 0.05) is 30.3 Å². The summed E-state index contributed by atoms with van der Waals surface area (Å²) in [5.41, 5.74) is -0.732. The van der Waals surface area contributed by atoms with Crippen LogP contribution in [0.5, 0.6) is 0 Å². The minimum atomic E-state index is -0.937. The van der Waals surface area contributed by atoms with Crippen LogP contribution in [0.1, 0.15) is 25.7 Å². The molecule has 1 heterocycles. The Labute approximate surface area is 138 Å². The average molecular weight is 341 g/mol. The SMILES string of the molecule is O=C(O)CC1(NC(=O)CCSc2ccccc2F)CCOCC1. The van der Waals surface area contributed by atoms with Crippen LogP contribution in [0.4, 0.5) is 4.39 Å². The third-order valence-corrected chi connectivity index (χ3v) is 4.82. The van der Waals surface area contributed by atoms with E-state index in [4.69, 9.17) is 9.84 Å². The zero-order valence-corrected chi connectivity index (χ0v) is 13.5. The zero-order chi connectivity index (χ0) is 16.7. The highest BCUT2D eigenvalue weighted by Crippen LogP contribution is 2.26. The molecule has 1 aromatic carbocycles. The van der Waals surface area contributed by atoms with Crippen LogP contribution in [-0.2, 0) is 14.3 Å². The maximum atomic E-state index is 13.5. The lowest BCUT2D eigenvalue weighted by atomic mass is 9.86. The molecule has 0 saturated carbocycles. The first-order chi connectivity index (χ1) is 11.0. The van der Waals surface area contributed by atoms with Crippen molar-refractivity contribution in [3.8, 4) is 0 Å². The molecule has 0 aromatic heterocycles. The Morgan fingerprint density at radius 2 is 2.00 bits per heavy atom. The van der Waals surface area contributed by atoms with Crippen LogP contribution in [0.3, 0.4) is 0 Å². The van der Waals surface area contributed by atoms with Gasteiger partial charge < -0.3 is 15.2 Å². The van der Waals surface area contributed by atoms with E-state index in [0.29, 0.717) is 36.7 Å². The molecule has 0 aliphatic carbocycles. The molecule has 2 N–H and O–H groups in total. The van der Waals surface area contributed by atoms with Crippen molar-refractivity contribution < 1.29 is 23.8 Å². The van der Waals surface area contributed by atoms with E-state index < -0.39 is 11.5 Å². The molecule has 23 heavy (non-hydrogen) atoms. The van der Waals surface area contributed by atoms with Gasteiger partial charge in [0.1, 0.15) is 5.82 Å². The van der Waals surface area contributed by atoms with Crippen molar-refractivity contribution in [2.45, 2.75) is 36.1 Å². The van der Waals surface area contributed by atoms with Gasteiger partial charge in [-0.15, -0.1) is 11.8 Å². The molecule has 0 unspecified atom stereocenters. The number of hydrogen-bond acceptors (Lipinski definition) is 4. The largest absolute Gasteiger partial charge is 0.481 e. The molecule has 126 valence electrons. The van der Waals surface area contributed by atoms with E-state index >= 15 is 0 Å². The van der Waals surface area contributed by atoms with E-state index in [-0.39, 0.29) is 24.6 Å². The molecular weight excluding hydrogens is 321 g/mol. The Bertz CT molecular complexity index is 561. The summed E-state index contributed by atoms with van der Waals surface area (Å²) in [5, 5.41) is 11.9. The molecule has 1 fully saturated rings. The first-order valence-corrected chi connectivity index (χ1v) is 8.47. The van der Waals surface area contributed by atoms with Gasteiger partial charge in [-0.1, -0.05) is 12.1 Å². The van der Waals surface area contributed by atoms with Crippen LogP contribution in [0.2, 0.25) is 0 Å². The van der Waals surface area contributed by atoms with Gasteiger partial charge in [-0.2, -0.15) is 0 Å². The Morgan fingerprint density at radius 3 is 2.65 bits per heavy atom. The summed E-state index contributed by atoms with van der Waals surface area (Å²) in [7, 11) is 0. The van der Waals surface area contributed by atoms with Crippen LogP contribution >= 0.6 is 11.8 Å². The number of ether oxygens (including phenoxy) is 1. The van der Waals surface area contributed by atoms with Gasteiger partial charge in [0.15, 0.2) is 0 Å². The second kappa shape index (κ2) is 8.31. The highest BCUT2D eigenvalue weighted by molar-refractivity contribution is 7.99. The lowest BCUT2D eigenvalue weighted by molar-refractivity contribution is -0.140. The molecule has 7 heteroatoms. The van der Waals surface area contributed by atoms with Crippen molar-refractivity contribution in [3.63, 3.8) is 0 Å². The highest BCUT2D eigenvalue weighted by atomic mass is 32.2. The van der Waals surface area contributed by atoms with Crippen LogP contribution < -0.4 is 5.32 Å². The number of carboxylic acid groups (broad SMARTS) is 1. The van der Waals surface area contributed by atoms with E-state index in [1.54, 1.807) is 18.2 Å². The van der Waals surface area contributed by atoms with E-state index in [0.717, 1.165) is 0 Å². The van der Waals surface area contributed by atoms with Gasteiger partial charge >= 0.3 is 5.97 Å². The van der Waals surface area contributed by atoms with Gasteiger partial charge in [0.2, 0.25) is 5.91 Å². The van der Waals surface area contributed by atoms with Gasteiger partial charge in [0.05, 0.1) is 12.0 Å². The molecule has 1 amide bonds. The predicted molar refractivity (Wildman–Crippen MR) is 84.9 cm³/mol. The topological polar surface area (TPSA) is 75.6 Å². The fraction of sp³-hybridized carbons (Fsp3) is 0.500.